The first-order valence-electron chi connectivity index (χ1n) is 6.74. The summed E-state index contributed by atoms with van der Waals surface area (Å²) >= 11 is 0. The Morgan fingerprint density at radius 2 is 1.74 bits per heavy atom. The monoisotopic (exact) mass is 275 g/mol. The smallest absolute Gasteiger partial charge is 0.305 e. The Labute approximate surface area is 117 Å². The second kappa shape index (κ2) is 10.8. The van der Waals surface area contributed by atoms with Crippen LogP contribution in [0.2, 0.25) is 0 Å². The van der Waals surface area contributed by atoms with Crippen LogP contribution in [0.5, 0.6) is 0 Å². The van der Waals surface area contributed by atoms with Crippen molar-refractivity contribution in [3.8, 4) is 0 Å². The average molecular weight is 275 g/mol. The maximum atomic E-state index is 10.9. The van der Waals surface area contributed by atoms with Crippen molar-refractivity contribution in [3.05, 3.63) is 0 Å². The highest BCUT2D eigenvalue weighted by molar-refractivity contribution is 5.69. The van der Waals surface area contributed by atoms with Crippen molar-refractivity contribution in [3.63, 3.8) is 0 Å². The molecule has 114 valence electrons. The van der Waals surface area contributed by atoms with Gasteiger partial charge in [-0.15, -0.1) is 0 Å². The molecule has 5 heteroatoms. The fourth-order valence-electron chi connectivity index (χ4n) is 1.04. The fraction of sp³-hybridized carbons (Fsp3) is 0.857. The molecule has 0 rings (SSSR count). The lowest BCUT2D eigenvalue weighted by atomic mass is 10.1. The number of hydrogen-bond donors (Lipinski definition) is 0. The van der Waals surface area contributed by atoms with E-state index in [-0.39, 0.29) is 18.3 Å². The van der Waals surface area contributed by atoms with E-state index in [4.69, 9.17) is 4.74 Å². The Morgan fingerprint density at radius 3 is 2.00 bits per heavy atom. The van der Waals surface area contributed by atoms with Gasteiger partial charge >= 0.3 is 5.97 Å². The summed E-state index contributed by atoms with van der Waals surface area (Å²) in [7, 11) is 6.23. The average Bonchev–Trinajstić information content (AvgIpc) is 2.14. The first kappa shape index (κ1) is 20.2. The molecular weight excluding hydrogens is 246 g/mol. The van der Waals surface area contributed by atoms with Crippen molar-refractivity contribution in [1.29, 1.82) is 0 Å². The summed E-state index contributed by atoms with van der Waals surface area (Å²) in [5.41, 5.74) is 0. The SMILES string of the molecule is CC(C)CC(=O)[O-].CCCC(=O)OCC[N+](C)(C)C. The Balaban J connectivity index is 0. The Morgan fingerprint density at radius 1 is 1.21 bits per heavy atom. The number of rotatable bonds is 7. The molecule has 0 bridgehead atoms. The van der Waals surface area contributed by atoms with E-state index in [0.717, 1.165) is 17.4 Å². The van der Waals surface area contributed by atoms with Gasteiger partial charge in [-0.3, -0.25) is 4.79 Å². The summed E-state index contributed by atoms with van der Waals surface area (Å²) < 4.78 is 5.84. The highest BCUT2D eigenvalue weighted by atomic mass is 16.5. The molecule has 0 atom stereocenters. The van der Waals surface area contributed by atoms with E-state index in [1.54, 1.807) is 0 Å². The van der Waals surface area contributed by atoms with Gasteiger partial charge in [-0.25, -0.2) is 0 Å². The lowest BCUT2D eigenvalue weighted by molar-refractivity contribution is -0.870. The van der Waals surface area contributed by atoms with Crippen LogP contribution in [0.15, 0.2) is 0 Å². The van der Waals surface area contributed by atoms with Crippen LogP contribution in [0.1, 0.15) is 40.0 Å². The molecule has 0 aromatic rings. The van der Waals surface area contributed by atoms with Crippen LogP contribution in [-0.2, 0) is 14.3 Å². The third-order valence-corrected chi connectivity index (χ3v) is 2.05. The predicted molar refractivity (Wildman–Crippen MR) is 73.2 cm³/mol. The maximum Gasteiger partial charge on any atom is 0.305 e. The second-order valence-electron chi connectivity index (χ2n) is 5.95. The number of quaternary nitrogens is 1. The van der Waals surface area contributed by atoms with Crippen LogP contribution in [-0.4, -0.2) is 50.7 Å². The number of likely N-dealkylation sites (N-methyl/N-ethyl adjacent to an activating group) is 1. The number of carbonyl (C=O) groups is 2. The molecule has 0 saturated heterocycles. The quantitative estimate of drug-likeness (QED) is 0.509. The van der Waals surface area contributed by atoms with Crippen molar-refractivity contribution >= 4 is 11.9 Å². The Bertz CT molecular complexity index is 257. The van der Waals surface area contributed by atoms with E-state index < -0.39 is 5.97 Å². The first-order chi connectivity index (χ1) is 8.58. The highest BCUT2D eigenvalue weighted by Gasteiger charge is 2.08. The minimum Gasteiger partial charge on any atom is -0.550 e. The van der Waals surface area contributed by atoms with Gasteiger partial charge in [0, 0.05) is 12.4 Å². The van der Waals surface area contributed by atoms with Crippen LogP contribution in [0.4, 0.5) is 0 Å². The number of carbonyl (C=O) groups excluding carboxylic acids is 2. The number of carboxylic acids is 1. The molecule has 5 nitrogen and oxygen atoms in total. The minimum atomic E-state index is -0.963. The van der Waals surface area contributed by atoms with E-state index in [2.05, 4.69) is 21.1 Å². The Hall–Kier alpha value is -1.10. The zero-order chi connectivity index (χ0) is 15.5. The van der Waals surface area contributed by atoms with Gasteiger partial charge in [0.2, 0.25) is 0 Å². The largest absolute Gasteiger partial charge is 0.550 e. The molecule has 0 amide bonds. The van der Waals surface area contributed by atoms with Crippen LogP contribution in [0, 0.1) is 5.92 Å². The van der Waals surface area contributed by atoms with Gasteiger partial charge in [0.25, 0.3) is 0 Å². The van der Waals surface area contributed by atoms with E-state index in [1.165, 1.54) is 0 Å². The molecule has 0 aliphatic carbocycles. The minimum absolute atomic E-state index is 0.0778. The second-order valence-corrected chi connectivity index (χ2v) is 5.95. The molecule has 0 spiro atoms. The van der Waals surface area contributed by atoms with Crippen molar-refractivity contribution < 1.29 is 23.9 Å². The maximum absolute atomic E-state index is 10.9. The van der Waals surface area contributed by atoms with E-state index >= 15 is 0 Å². The highest BCUT2D eigenvalue weighted by Crippen LogP contribution is 1.95. The molecule has 0 aromatic carbocycles. The molecule has 0 unspecified atom stereocenters. The molecule has 0 fully saturated rings. The van der Waals surface area contributed by atoms with E-state index in [9.17, 15) is 14.7 Å². The lowest BCUT2D eigenvalue weighted by Crippen LogP contribution is -2.37. The van der Waals surface area contributed by atoms with Crippen molar-refractivity contribution in [2.75, 3.05) is 34.3 Å². The summed E-state index contributed by atoms with van der Waals surface area (Å²) in [4.78, 5) is 20.6. The number of ether oxygens (including phenoxy) is 1. The summed E-state index contributed by atoms with van der Waals surface area (Å²) in [6.45, 7) is 7.06. The summed E-state index contributed by atoms with van der Waals surface area (Å²) in [5.74, 6) is -0.828. The third kappa shape index (κ3) is 22.5. The molecule has 0 aliphatic rings. The van der Waals surface area contributed by atoms with Gasteiger partial charge in [-0.05, 0) is 18.8 Å². The topological polar surface area (TPSA) is 66.4 Å². The van der Waals surface area contributed by atoms with Crippen molar-refractivity contribution in [2.24, 2.45) is 5.92 Å². The molecule has 0 aliphatic heterocycles. The third-order valence-electron chi connectivity index (χ3n) is 2.05. The van der Waals surface area contributed by atoms with Gasteiger partial charge in [-0.2, -0.15) is 0 Å². The van der Waals surface area contributed by atoms with Gasteiger partial charge in [0.05, 0.1) is 21.1 Å². The van der Waals surface area contributed by atoms with Gasteiger partial charge in [0.15, 0.2) is 0 Å². The molecule has 0 saturated carbocycles. The lowest BCUT2D eigenvalue weighted by Gasteiger charge is -2.23. The zero-order valence-electron chi connectivity index (χ0n) is 13.2. The standard InChI is InChI=1S/C9H20NO2.C5H10O2/c1-5-6-9(11)12-8-7-10(2,3)4;1-4(2)3-5(6)7/h5-8H2,1-4H3;4H,3H2,1-2H3,(H,6,7)/q+1;/p-1. The number of nitrogens with zero attached hydrogens (tertiary/aromatic N) is 1. The fourth-order valence-corrected chi connectivity index (χ4v) is 1.04. The normalized spacial score (nSPS) is 10.7. The summed E-state index contributed by atoms with van der Waals surface area (Å²) in [6, 6.07) is 0. The van der Waals surface area contributed by atoms with Crippen molar-refractivity contribution in [2.45, 2.75) is 40.0 Å². The van der Waals surface area contributed by atoms with E-state index in [0.29, 0.717) is 13.0 Å². The van der Waals surface area contributed by atoms with Crippen LogP contribution >= 0.6 is 0 Å². The number of hydrogen-bond acceptors (Lipinski definition) is 4. The predicted octanol–water partition coefficient (Wildman–Crippen LogP) is 0.818. The number of esters is 1. The van der Waals surface area contributed by atoms with Gasteiger partial charge in [-0.1, -0.05) is 20.8 Å². The molecule has 19 heavy (non-hydrogen) atoms. The Kier molecular flexibility index (Phi) is 11.5. The molecule has 0 heterocycles. The molecule has 0 radical (unpaired) electrons. The summed E-state index contributed by atoms with van der Waals surface area (Å²) in [6.07, 6.45) is 1.57. The van der Waals surface area contributed by atoms with Gasteiger partial charge < -0.3 is 19.1 Å². The molecular formula is C14H29NO4. The molecule has 0 N–H and O–H groups in total. The summed E-state index contributed by atoms with van der Waals surface area (Å²) in [5, 5.41) is 9.70. The van der Waals surface area contributed by atoms with Gasteiger partial charge in [0.1, 0.15) is 13.2 Å². The van der Waals surface area contributed by atoms with E-state index in [1.807, 2.05) is 20.8 Å². The zero-order valence-corrected chi connectivity index (χ0v) is 13.2. The first-order valence-corrected chi connectivity index (χ1v) is 6.74. The van der Waals surface area contributed by atoms with Crippen molar-refractivity contribution in [1.82, 2.24) is 0 Å². The molecule has 0 aromatic heterocycles. The number of aliphatic carboxylic acids is 1. The van der Waals surface area contributed by atoms with Crippen LogP contribution in [0.3, 0.4) is 0 Å². The van der Waals surface area contributed by atoms with Crippen LogP contribution in [0.25, 0.3) is 0 Å². The number of carboxylic acid groups (broad SMARTS) is 1. The van der Waals surface area contributed by atoms with Crippen LogP contribution < -0.4 is 5.11 Å².